The van der Waals surface area contributed by atoms with E-state index in [9.17, 15) is 0 Å². The molecule has 1 aromatic heterocycles. The van der Waals surface area contributed by atoms with Crippen molar-refractivity contribution in [2.75, 3.05) is 26.1 Å². The lowest BCUT2D eigenvalue weighted by Crippen LogP contribution is -2.08. The molecule has 1 fully saturated rings. The van der Waals surface area contributed by atoms with E-state index >= 15 is 0 Å². The molecule has 1 aliphatic rings. The molecule has 1 heterocycles. The number of nitrogens with zero attached hydrogens (tertiary/aromatic N) is 3. The zero-order chi connectivity index (χ0) is 11.4. The summed E-state index contributed by atoms with van der Waals surface area (Å²) in [6.45, 7) is 0.876. The summed E-state index contributed by atoms with van der Waals surface area (Å²) < 4.78 is 9.91. The fraction of sp³-hybridized carbons (Fsp3) is 0.700. The van der Waals surface area contributed by atoms with Gasteiger partial charge in [0.05, 0.1) is 14.2 Å². The van der Waals surface area contributed by atoms with Gasteiger partial charge in [-0.25, -0.2) is 0 Å². The maximum atomic E-state index is 4.95. The Labute approximate surface area is 94.4 Å². The monoisotopic (exact) mass is 224 g/mol. The predicted molar refractivity (Wildman–Crippen MR) is 58.8 cm³/mol. The summed E-state index contributed by atoms with van der Waals surface area (Å²) in [5, 5.41) is 3.14. The van der Waals surface area contributed by atoms with Crippen LogP contribution in [0.3, 0.4) is 0 Å². The zero-order valence-corrected chi connectivity index (χ0v) is 9.56. The summed E-state index contributed by atoms with van der Waals surface area (Å²) in [6.07, 6.45) is 3.87. The van der Waals surface area contributed by atoms with Gasteiger partial charge < -0.3 is 14.8 Å². The molecule has 1 saturated carbocycles. The number of nitrogens with one attached hydrogen (secondary N) is 1. The Kier molecular flexibility index (Phi) is 3.38. The molecular weight excluding hydrogens is 208 g/mol. The molecule has 0 atom stereocenters. The standard InChI is InChI=1S/C10H16N4O2/c1-15-9-12-8(13-10(14-9)16-2)11-6-5-7-3-4-7/h7H,3-6H2,1-2H3,(H,11,12,13,14). The van der Waals surface area contributed by atoms with Crippen molar-refractivity contribution in [3.05, 3.63) is 0 Å². The topological polar surface area (TPSA) is 69.2 Å². The third-order valence-corrected chi connectivity index (χ3v) is 2.49. The first-order chi connectivity index (χ1) is 7.81. The van der Waals surface area contributed by atoms with Crippen molar-refractivity contribution in [3.63, 3.8) is 0 Å². The van der Waals surface area contributed by atoms with Crippen molar-refractivity contribution in [3.8, 4) is 12.0 Å². The molecule has 1 aromatic rings. The van der Waals surface area contributed by atoms with Gasteiger partial charge in [-0.05, 0) is 12.3 Å². The average molecular weight is 224 g/mol. The van der Waals surface area contributed by atoms with Gasteiger partial charge in [0.15, 0.2) is 0 Å². The summed E-state index contributed by atoms with van der Waals surface area (Å²) >= 11 is 0. The number of aromatic nitrogens is 3. The Bertz CT molecular complexity index is 332. The van der Waals surface area contributed by atoms with Crippen molar-refractivity contribution in [1.29, 1.82) is 0 Å². The molecule has 0 bridgehead atoms. The van der Waals surface area contributed by atoms with Crippen LogP contribution in [0.25, 0.3) is 0 Å². The number of methoxy groups -OCH3 is 2. The average Bonchev–Trinajstić information content (AvgIpc) is 3.12. The molecule has 6 nitrogen and oxygen atoms in total. The Morgan fingerprint density at radius 1 is 1.12 bits per heavy atom. The van der Waals surface area contributed by atoms with Gasteiger partial charge in [0.1, 0.15) is 0 Å². The van der Waals surface area contributed by atoms with Gasteiger partial charge in [-0.2, -0.15) is 9.97 Å². The van der Waals surface area contributed by atoms with E-state index in [1.54, 1.807) is 0 Å². The van der Waals surface area contributed by atoms with Gasteiger partial charge in [-0.3, -0.25) is 0 Å². The fourth-order valence-corrected chi connectivity index (χ4v) is 1.39. The third kappa shape index (κ3) is 2.95. The van der Waals surface area contributed by atoms with Crippen molar-refractivity contribution < 1.29 is 9.47 Å². The molecule has 88 valence electrons. The maximum Gasteiger partial charge on any atom is 0.324 e. The summed E-state index contributed by atoms with van der Waals surface area (Å²) in [5.74, 6) is 1.39. The van der Waals surface area contributed by atoms with Crippen LogP contribution in [0.1, 0.15) is 19.3 Å². The van der Waals surface area contributed by atoms with Gasteiger partial charge in [0.2, 0.25) is 5.95 Å². The molecule has 0 saturated heterocycles. The van der Waals surface area contributed by atoms with Gasteiger partial charge in [-0.1, -0.05) is 12.8 Å². The molecule has 6 heteroatoms. The smallest absolute Gasteiger partial charge is 0.324 e. The highest BCUT2D eigenvalue weighted by Crippen LogP contribution is 2.32. The summed E-state index contributed by atoms with van der Waals surface area (Å²) in [5.41, 5.74) is 0. The lowest BCUT2D eigenvalue weighted by molar-refractivity contribution is 0.341. The molecule has 2 rings (SSSR count). The largest absolute Gasteiger partial charge is 0.467 e. The van der Waals surface area contributed by atoms with E-state index in [1.807, 2.05) is 0 Å². The lowest BCUT2D eigenvalue weighted by Gasteiger charge is -2.06. The fourth-order valence-electron chi connectivity index (χ4n) is 1.39. The zero-order valence-electron chi connectivity index (χ0n) is 9.56. The number of hydrogen-bond donors (Lipinski definition) is 1. The lowest BCUT2D eigenvalue weighted by atomic mass is 10.3. The SMILES string of the molecule is COc1nc(NCCC2CC2)nc(OC)n1. The minimum atomic E-state index is 0.265. The van der Waals surface area contributed by atoms with Crippen molar-refractivity contribution in [1.82, 2.24) is 15.0 Å². The normalized spacial score (nSPS) is 14.6. The first-order valence-corrected chi connectivity index (χ1v) is 5.39. The number of ether oxygens (including phenoxy) is 2. The van der Waals surface area contributed by atoms with Crippen LogP contribution in [0.5, 0.6) is 12.0 Å². The summed E-state index contributed by atoms with van der Waals surface area (Å²) in [7, 11) is 3.03. The molecule has 1 aliphatic carbocycles. The highest BCUT2D eigenvalue weighted by molar-refractivity contribution is 5.27. The van der Waals surface area contributed by atoms with Crippen LogP contribution in [-0.4, -0.2) is 35.7 Å². The molecular formula is C10H16N4O2. The van der Waals surface area contributed by atoms with Gasteiger partial charge in [0.25, 0.3) is 0 Å². The number of hydrogen-bond acceptors (Lipinski definition) is 6. The van der Waals surface area contributed by atoms with E-state index in [-0.39, 0.29) is 12.0 Å². The Hall–Kier alpha value is -1.59. The Morgan fingerprint density at radius 3 is 2.25 bits per heavy atom. The molecule has 0 aliphatic heterocycles. The number of anilines is 1. The van der Waals surface area contributed by atoms with E-state index in [1.165, 1.54) is 27.1 Å². The molecule has 0 radical (unpaired) electrons. The van der Waals surface area contributed by atoms with E-state index < -0.39 is 0 Å². The second-order valence-electron chi connectivity index (χ2n) is 3.79. The molecule has 16 heavy (non-hydrogen) atoms. The Balaban J connectivity index is 1.94. The minimum Gasteiger partial charge on any atom is -0.467 e. The van der Waals surface area contributed by atoms with Crippen molar-refractivity contribution in [2.24, 2.45) is 5.92 Å². The molecule has 1 N–H and O–H groups in total. The van der Waals surface area contributed by atoms with Gasteiger partial charge in [-0.15, -0.1) is 4.98 Å². The van der Waals surface area contributed by atoms with Crippen LogP contribution in [0.15, 0.2) is 0 Å². The van der Waals surface area contributed by atoms with Crippen molar-refractivity contribution >= 4 is 5.95 Å². The van der Waals surface area contributed by atoms with Crippen LogP contribution in [0, 0.1) is 5.92 Å². The van der Waals surface area contributed by atoms with Crippen LogP contribution in [-0.2, 0) is 0 Å². The van der Waals surface area contributed by atoms with E-state index in [0.717, 1.165) is 18.9 Å². The Morgan fingerprint density at radius 2 is 1.75 bits per heavy atom. The highest BCUT2D eigenvalue weighted by Gasteiger charge is 2.20. The number of rotatable bonds is 6. The molecule has 0 amide bonds. The molecule has 0 unspecified atom stereocenters. The van der Waals surface area contributed by atoms with Crippen LogP contribution < -0.4 is 14.8 Å². The van der Waals surface area contributed by atoms with E-state index in [4.69, 9.17) is 9.47 Å². The van der Waals surface area contributed by atoms with Crippen LogP contribution in [0.4, 0.5) is 5.95 Å². The summed E-state index contributed by atoms with van der Waals surface area (Å²) in [6, 6.07) is 0.529. The predicted octanol–water partition coefficient (Wildman–Crippen LogP) is 1.10. The highest BCUT2D eigenvalue weighted by atomic mass is 16.5. The summed E-state index contributed by atoms with van der Waals surface area (Å²) in [4.78, 5) is 12.1. The minimum absolute atomic E-state index is 0.265. The maximum absolute atomic E-state index is 4.95. The van der Waals surface area contributed by atoms with E-state index in [2.05, 4.69) is 20.3 Å². The van der Waals surface area contributed by atoms with Crippen LogP contribution >= 0.6 is 0 Å². The quantitative estimate of drug-likeness (QED) is 0.780. The molecule has 0 spiro atoms. The third-order valence-electron chi connectivity index (χ3n) is 2.49. The van der Waals surface area contributed by atoms with Crippen molar-refractivity contribution in [2.45, 2.75) is 19.3 Å². The van der Waals surface area contributed by atoms with Gasteiger partial charge >= 0.3 is 12.0 Å². The first-order valence-electron chi connectivity index (χ1n) is 5.39. The second kappa shape index (κ2) is 4.96. The van der Waals surface area contributed by atoms with Crippen LogP contribution in [0.2, 0.25) is 0 Å². The first kappa shape index (κ1) is 10.9. The second-order valence-corrected chi connectivity index (χ2v) is 3.79. The molecule has 0 aromatic carbocycles. The van der Waals surface area contributed by atoms with E-state index in [0.29, 0.717) is 5.95 Å². The van der Waals surface area contributed by atoms with Gasteiger partial charge in [0, 0.05) is 6.54 Å².